The van der Waals surface area contributed by atoms with Crippen molar-refractivity contribution in [2.75, 3.05) is 18.4 Å². The lowest BCUT2D eigenvalue weighted by molar-refractivity contribution is -0.119. The van der Waals surface area contributed by atoms with Crippen molar-refractivity contribution >= 4 is 11.6 Å². The molecule has 3 aromatic rings. The van der Waals surface area contributed by atoms with Gasteiger partial charge in [-0.05, 0) is 23.8 Å². The van der Waals surface area contributed by atoms with Crippen LogP contribution in [-0.2, 0) is 4.79 Å². The summed E-state index contributed by atoms with van der Waals surface area (Å²) < 4.78 is 5.74. The van der Waals surface area contributed by atoms with Crippen LogP contribution in [0, 0.1) is 5.92 Å². The highest BCUT2D eigenvalue weighted by atomic mass is 16.5. The van der Waals surface area contributed by atoms with Gasteiger partial charge in [0, 0.05) is 43.0 Å². The molecule has 144 valence electrons. The van der Waals surface area contributed by atoms with Gasteiger partial charge in [-0.1, -0.05) is 49.9 Å². The molecule has 0 unspecified atom stereocenters. The summed E-state index contributed by atoms with van der Waals surface area (Å²) in [6.07, 6.45) is 1.68. The summed E-state index contributed by atoms with van der Waals surface area (Å²) in [6.45, 7) is 1.49. The van der Waals surface area contributed by atoms with Gasteiger partial charge in [0.1, 0.15) is 5.75 Å². The maximum absolute atomic E-state index is 12.9. The van der Waals surface area contributed by atoms with Gasteiger partial charge in [-0.3, -0.25) is 4.79 Å². The minimum absolute atomic E-state index is 0. The molecule has 1 fully saturated rings. The summed E-state index contributed by atoms with van der Waals surface area (Å²) in [5, 5.41) is 6.37. The van der Waals surface area contributed by atoms with E-state index in [1.54, 1.807) is 12.3 Å². The number of nitrogens with zero attached hydrogens (tertiary/aromatic N) is 1. The third-order valence-corrected chi connectivity index (χ3v) is 4.74. The first kappa shape index (κ1) is 19.6. The monoisotopic (exact) mass is 375 g/mol. The maximum Gasteiger partial charge on any atom is 0.229 e. The Bertz CT molecular complexity index is 900. The molecule has 5 nitrogen and oxygen atoms in total. The Morgan fingerprint density at radius 2 is 1.82 bits per heavy atom. The molecule has 0 radical (unpaired) electrons. The molecule has 1 aromatic heterocycles. The number of aromatic nitrogens is 1. The molecule has 28 heavy (non-hydrogen) atoms. The van der Waals surface area contributed by atoms with Gasteiger partial charge in [0.2, 0.25) is 11.8 Å². The van der Waals surface area contributed by atoms with E-state index in [1.807, 2.05) is 54.6 Å². The van der Waals surface area contributed by atoms with E-state index in [0.717, 1.165) is 6.54 Å². The van der Waals surface area contributed by atoms with E-state index in [9.17, 15) is 4.79 Å². The normalized spacial score (nSPS) is 18.1. The van der Waals surface area contributed by atoms with Gasteiger partial charge in [-0.15, -0.1) is 0 Å². The predicted molar refractivity (Wildman–Crippen MR) is 112 cm³/mol. The molecule has 0 bridgehead atoms. The molecule has 2 N–H and O–H groups in total. The fraction of sp³-hybridized carbons (Fsp3) is 0.217. The van der Waals surface area contributed by atoms with Crippen LogP contribution in [0.3, 0.4) is 0 Å². The van der Waals surface area contributed by atoms with Gasteiger partial charge in [0.05, 0.1) is 5.92 Å². The average molecular weight is 375 g/mol. The Hall–Kier alpha value is -3.18. The third-order valence-electron chi connectivity index (χ3n) is 4.74. The summed E-state index contributed by atoms with van der Waals surface area (Å²) in [6, 6.07) is 23.1. The lowest BCUT2D eigenvalue weighted by atomic mass is 9.88. The van der Waals surface area contributed by atoms with Gasteiger partial charge >= 0.3 is 0 Å². The number of hydrogen-bond acceptors (Lipinski definition) is 4. The van der Waals surface area contributed by atoms with Crippen molar-refractivity contribution < 1.29 is 9.53 Å². The second-order valence-electron chi connectivity index (χ2n) is 6.57. The second-order valence-corrected chi connectivity index (χ2v) is 6.57. The van der Waals surface area contributed by atoms with Crippen LogP contribution in [0.2, 0.25) is 0 Å². The minimum Gasteiger partial charge on any atom is -0.439 e. The van der Waals surface area contributed by atoms with Crippen molar-refractivity contribution in [3.8, 4) is 11.6 Å². The Balaban J connectivity index is 0.00000225. The Labute approximate surface area is 165 Å². The predicted octanol–water partition coefficient (Wildman–Crippen LogP) is 4.45. The molecule has 0 saturated carbocycles. The summed E-state index contributed by atoms with van der Waals surface area (Å²) in [5.74, 6) is 1.25. The molecule has 1 amide bonds. The molecule has 0 spiro atoms. The van der Waals surface area contributed by atoms with Crippen LogP contribution in [0.4, 0.5) is 5.69 Å². The summed E-state index contributed by atoms with van der Waals surface area (Å²) in [7, 11) is 0. The molecule has 0 aliphatic carbocycles. The lowest BCUT2D eigenvalue weighted by Gasteiger charge is -2.18. The zero-order valence-corrected chi connectivity index (χ0v) is 14.8. The zero-order valence-electron chi connectivity index (χ0n) is 14.8. The number of nitrogens with one attached hydrogen (secondary N) is 2. The van der Waals surface area contributed by atoms with Crippen molar-refractivity contribution in [2.24, 2.45) is 5.92 Å². The van der Waals surface area contributed by atoms with Crippen LogP contribution in [0.15, 0.2) is 79.0 Å². The van der Waals surface area contributed by atoms with Gasteiger partial charge in [0.15, 0.2) is 0 Å². The smallest absolute Gasteiger partial charge is 0.229 e. The number of carbonyl (C=O) groups is 1. The van der Waals surface area contributed by atoms with E-state index in [1.165, 1.54) is 5.56 Å². The van der Waals surface area contributed by atoms with Gasteiger partial charge < -0.3 is 15.4 Å². The molecule has 2 atom stereocenters. The Kier molecular flexibility index (Phi) is 6.40. The molecule has 5 heteroatoms. The molecule has 1 aliphatic heterocycles. The number of amides is 1. The fourth-order valence-electron chi connectivity index (χ4n) is 3.41. The van der Waals surface area contributed by atoms with Gasteiger partial charge in [0.25, 0.3) is 0 Å². The first-order valence-electron chi connectivity index (χ1n) is 9.05. The van der Waals surface area contributed by atoms with Crippen LogP contribution < -0.4 is 15.4 Å². The van der Waals surface area contributed by atoms with Crippen molar-refractivity contribution in [1.29, 1.82) is 0 Å². The molecular formula is C23H25N3O2. The minimum atomic E-state index is -0.104. The molecule has 2 aromatic carbocycles. The zero-order chi connectivity index (χ0) is 18.5. The Morgan fingerprint density at radius 3 is 2.61 bits per heavy atom. The van der Waals surface area contributed by atoms with Crippen LogP contribution in [0.5, 0.6) is 11.6 Å². The van der Waals surface area contributed by atoms with Crippen LogP contribution in [0.25, 0.3) is 0 Å². The topological polar surface area (TPSA) is 63.2 Å². The molecule has 4 rings (SSSR count). The molecule has 1 saturated heterocycles. The summed E-state index contributed by atoms with van der Waals surface area (Å²) >= 11 is 0. The highest BCUT2D eigenvalue weighted by molar-refractivity contribution is 5.93. The highest BCUT2D eigenvalue weighted by Gasteiger charge is 2.33. The third kappa shape index (κ3) is 4.56. The molecule has 1 aliphatic rings. The second kappa shape index (κ2) is 9.15. The first-order chi connectivity index (χ1) is 13.3. The molecular weight excluding hydrogens is 350 g/mol. The van der Waals surface area contributed by atoms with Crippen molar-refractivity contribution in [3.05, 3.63) is 84.6 Å². The fourth-order valence-corrected chi connectivity index (χ4v) is 3.41. The van der Waals surface area contributed by atoms with Crippen LogP contribution >= 0.6 is 0 Å². The number of ether oxygens (including phenoxy) is 1. The average Bonchev–Trinajstić information content (AvgIpc) is 3.20. The largest absolute Gasteiger partial charge is 0.439 e. The summed E-state index contributed by atoms with van der Waals surface area (Å²) in [5.41, 5.74) is 1.90. The number of carbonyl (C=O) groups excluding carboxylic acids is 1. The number of benzene rings is 2. The number of pyridine rings is 1. The van der Waals surface area contributed by atoms with E-state index >= 15 is 0 Å². The van der Waals surface area contributed by atoms with E-state index in [2.05, 4.69) is 27.8 Å². The number of hydrogen-bond donors (Lipinski definition) is 2. The van der Waals surface area contributed by atoms with E-state index in [4.69, 9.17) is 4.74 Å². The first-order valence-corrected chi connectivity index (χ1v) is 9.05. The highest BCUT2D eigenvalue weighted by Crippen LogP contribution is 2.30. The van der Waals surface area contributed by atoms with E-state index in [0.29, 0.717) is 23.9 Å². The number of rotatable bonds is 5. The lowest BCUT2D eigenvalue weighted by Crippen LogP contribution is -2.28. The standard InChI is InChI=1S/C22H21N3O2.CH4/c26-22(20-15-23-14-19(20)16-7-2-1-3-8-16)25-17-9-6-10-18(13-17)27-21-11-4-5-12-24-21;/h1-13,19-20,23H,14-15H2,(H,25,26);1H4/t19-,20+;/m1./s1. The molecule has 2 heterocycles. The van der Waals surface area contributed by atoms with Gasteiger partial charge in [-0.2, -0.15) is 0 Å². The van der Waals surface area contributed by atoms with E-state index < -0.39 is 0 Å². The van der Waals surface area contributed by atoms with Crippen LogP contribution in [-0.4, -0.2) is 24.0 Å². The summed E-state index contributed by atoms with van der Waals surface area (Å²) in [4.78, 5) is 17.0. The number of anilines is 1. The maximum atomic E-state index is 12.9. The Morgan fingerprint density at radius 1 is 1.00 bits per heavy atom. The van der Waals surface area contributed by atoms with Crippen molar-refractivity contribution in [3.63, 3.8) is 0 Å². The van der Waals surface area contributed by atoms with E-state index in [-0.39, 0.29) is 25.2 Å². The van der Waals surface area contributed by atoms with Gasteiger partial charge in [-0.25, -0.2) is 4.98 Å². The van der Waals surface area contributed by atoms with Crippen molar-refractivity contribution in [1.82, 2.24) is 10.3 Å². The SMILES string of the molecule is C.O=C(Nc1cccc(Oc2ccccn2)c1)[C@H]1CNC[C@@H]1c1ccccc1. The van der Waals surface area contributed by atoms with Crippen molar-refractivity contribution in [2.45, 2.75) is 13.3 Å². The quantitative estimate of drug-likeness (QED) is 0.691. The van der Waals surface area contributed by atoms with Crippen LogP contribution in [0.1, 0.15) is 18.9 Å².